The van der Waals surface area contributed by atoms with E-state index in [1.54, 1.807) is 12.1 Å². The molecule has 0 radical (unpaired) electrons. The maximum Gasteiger partial charge on any atom is 0.296 e. The van der Waals surface area contributed by atoms with Gasteiger partial charge >= 0.3 is 0 Å². The van der Waals surface area contributed by atoms with Crippen LogP contribution in [0.2, 0.25) is 0 Å². The number of oxazole rings is 1. The number of nitrogens with one attached hydrogen (secondary N) is 1. The van der Waals surface area contributed by atoms with E-state index in [-0.39, 0.29) is 29.1 Å². The van der Waals surface area contributed by atoms with Crippen molar-refractivity contribution in [2.24, 2.45) is 0 Å². The number of halogens is 1. The van der Waals surface area contributed by atoms with Gasteiger partial charge in [-0.3, -0.25) is 0 Å². The highest BCUT2D eigenvalue weighted by atomic mass is 32.2. The highest BCUT2D eigenvalue weighted by Gasteiger charge is 2.24. The van der Waals surface area contributed by atoms with Crippen LogP contribution in [0.25, 0.3) is 11.1 Å². The van der Waals surface area contributed by atoms with E-state index >= 15 is 0 Å². The largest absolute Gasteiger partial charge is 0.420 e. The maximum atomic E-state index is 13.4. The number of rotatable bonds is 2. The molecule has 102 valence electrons. The van der Waals surface area contributed by atoms with Gasteiger partial charge in [-0.1, -0.05) is 6.07 Å². The quantitative estimate of drug-likeness (QED) is 0.912. The zero-order valence-electron chi connectivity index (χ0n) is 10.1. The first-order chi connectivity index (χ1) is 9.03. The highest BCUT2D eigenvalue weighted by molar-refractivity contribution is 7.91. The third-order valence-corrected chi connectivity index (χ3v) is 4.96. The first-order valence-corrected chi connectivity index (χ1v) is 7.88. The van der Waals surface area contributed by atoms with Crippen molar-refractivity contribution in [2.75, 3.05) is 16.8 Å². The summed E-state index contributed by atoms with van der Waals surface area (Å²) in [5, 5.41) is 3.03. The molecule has 1 N–H and O–H groups in total. The molecular formula is C12H13FN2O3S. The number of hydrogen-bond donors (Lipinski definition) is 1. The van der Waals surface area contributed by atoms with Gasteiger partial charge in [-0.25, -0.2) is 12.8 Å². The number of aromatic nitrogens is 1. The number of benzene rings is 1. The minimum Gasteiger partial charge on any atom is -0.420 e. The van der Waals surface area contributed by atoms with Gasteiger partial charge in [-0.15, -0.1) is 0 Å². The Kier molecular flexibility index (Phi) is 2.93. The molecule has 1 aliphatic heterocycles. The van der Waals surface area contributed by atoms with Crippen LogP contribution < -0.4 is 5.32 Å². The summed E-state index contributed by atoms with van der Waals surface area (Å²) in [6, 6.07) is 4.78. The lowest BCUT2D eigenvalue weighted by molar-refractivity contribution is 0.532. The molecule has 19 heavy (non-hydrogen) atoms. The van der Waals surface area contributed by atoms with Crippen molar-refractivity contribution in [3.05, 3.63) is 24.0 Å². The van der Waals surface area contributed by atoms with E-state index in [0.29, 0.717) is 18.4 Å². The molecule has 2 aromatic rings. The molecule has 7 heteroatoms. The van der Waals surface area contributed by atoms with Crippen molar-refractivity contribution < 1.29 is 17.2 Å². The van der Waals surface area contributed by atoms with E-state index in [1.807, 2.05) is 0 Å². The second-order valence-electron chi connectivity index (χ2n) is 4.68. The van der Waals surface area contributed by atoms with E-state index in [4.69, 9.17) is 4.42 Å². The van der Waals surface area contributed by atoms with Crippen LogP contribution >= 0.6 is 0 Å². The fourth-order valence-electron chi connectivity index (χ4n) is 2.19. The number of para-hydroxylation sites is 1. The lowest BCUT2D eigenvalue weighted by atomic mass is 10.2. The van der Waals surface area contributed by atoms with Gasteiger partial charge in [0, 0.05) is 6.04 Å². The van der Waals surface area contributed by atoms with Crippen LogP contribution in [-0.4, -0.2) is 30.9 Å². The van der Waals surface area contributed by atoms with Crippen molar-refractivity contribution in [2.45, 2.75) is 18.9 Å². The summed E-state index contributed by atoms with van der Waals surface area (Å²) in [5.74, 6) is -0.123. The molecular weight excluding hydrogens is 271 g/mol. The molecule has 0 saturated carbocycles. The Morgan fingerprint density at radius 3 is 2.74 bits per heavy atom. The van der Waals surface area contributed by atoms with Crippen molar-refractivity contribution >= 4 is 27.0 Å². The molecule has 1 aromatic heterocycles. The lowest BCUT2D eigenvalue weighted by Gasteiger charge is -2.21. The summed E-state index contributed by atoms with van der Waals surface area (Å²) in [5.41, 5.74) is 0.569. The first-order valence-electron chi connectivity index (χ1n) is 6.05. The average molecular weight is 284 g/mol. The van der Waals surface area contributed by atoms with Crippen molar-refractivity contribution in [1.29, 1.82) is 0 Å². The molecule has 1 aromatic carbocycles. The van der Waals surface area contributed by atoms with Crippen LogP contribution in [0.5, 0.6) is 0 Å². The minimum absolute atomic E-state index is 0.000325. The maximum absolute atomic E-state index is 13.4. The molecule has 1 aliphatic rings. The van der Waals surface area contributed by atoms with Crippen LogP contribution in [0.4, 0.5) is 10.4 Å². The molecule has 0 bridgehead atoms. The van der Waals surface area contributed by atoms with Crippen molar-refractivity contribution in [1.82, 2.24) is 4.98 Å². The Morgan fingerprint density at radius 2 is 2.05 bits per heavy atom. The van der Waals surface area contributed by atoms with Crippen LogP contribution in [0.15, 0.2) is 22.6 Å². The Morgan fingerprint density at radius 1 is 1.32 bits per heavy atom. The Hall–Kier alpha value is -1.63. The number of hydrogen-bond acceptors (Lipinski definition) is 5. The van der Waals surface area contributed by atoms with Crippen LogP contribution in [-0.2, 0) is 9.84 Å². The summed E-state index contributed by atoms with van der Waals surface area (Å²) in [6.07, 6.45) is 1.03. The predicted octanol–water partition coefficient (Wildman–Crippen LogP) is 1.96. The van der Waals surface area contributed by atoms with Gasteiger partial charge in [0.25, 0.3) is 6.01 Å². The Balaban J connectivity index is 1.77. The fourth-order valence-corrected chi connectivity index (χ4v) is 3.68. The molecule has 0 atom stereocenters. The summed E-state index contributed by atoms with van der Waals surface area (Å²) < 4.78 is 41.4. The van der Waals surface area contributed by atoms with Crippen LogP contribution in [0.1, 0.15) is 12.8 Å². The van der Waals surface area contributed by atoms with E-state index < -0.39 is 15.7 Å². The zero-order chi connectivity index (χ0) is 13.5. The molecule has 5 nitrogen and oxygen atoms in total. The zero-order valence-corrected chi connectivity index (χ0v) is 10.9. The van der Waals surface area contributed by atoms with Gasteiger partial charge in [0.1, 0.15) is 15.4 Å². The van der Waals surface area contributed by atoms with Gasteiger partial charge < -0.3 is 9.73 Å². The van der Waals surface area contributed by atoms with E-state index in [0.717, 1.165) is 0 Å². The Labute approximate surface area is 109 Å². The van der Waals surface area contributed by atoms with E-state index in [1.165, 1.54) is 6.07 Å². The monoisotopic (exact) mass is 284 g/mol. The number of sulfone groups is 1. The Bertz CT molecular complexity index is 697. The van der Waals surface area contributed by atoms with Gasteiger partial charge in [-0.05, 0) is 25.0 Å². The van der Waals surface area contributed by atoms with Gasteiger partial charge in [0.2, 0.25) is 0 Å². The molecule has 0 aliphatic carbocycles. The number of nitrogens with zero attached hydrogens (tertiary/aromatic N) is 1. The molecule has 0 unspecified atom stereocenters. The van der Waals surface area contributed by atoms with Gasteiger partial charge in [0.15, 0.2) is 11.4 Å². The number of anilines is 1. The minimum atomic E-state index is -2.89. The third kappa shape index (κ3) is 2.56. The SMILES string of the molecule is O=S1(=O)CCC(Nc2nc3cccc(F)c3o2)CC1. The molecule has 0 spiro atoms. The second-order valence-corrected chi connectivity index (χ2v) is 6.98. The molecule has 2 heterocycles. The van der Waals surface area contributed by atoms with Gasteiger partial charge in [-0.2, -0.15) is 4.98 Å². The van der Waals surface area contributed by atoms with Crippen LogP contribution in [0, 0.1) is 5.82 Å². The lowest BCUT2D eigenvalue weighted by Crippen LogP contribution is -2.32. The third-order valence-electron chi connectivity index (χ3n) is 3.25. The van der Waals surface area contributed by atoms with Crippen LogP contribution in [0.3, 0.4) is 0 Å². The molecule has 3 rings (SSSR count). The summed E-state index contributed by atoms with van der Waals surface area (Å²) in [6.45, 7) is 0. The fraction of sp³-hybridized carbons (Fsp3) is 0.417. The topological polar surface area (TPSA) is 72.2 Å². The van der Waals surface area contributed by atoms with E-state index in [2.05, 4.69) is 10.3 Å². The summed E-state index contributed by atoms with van der Waals surface area (Å²) in [7, 11) is -2.89. The number of fused-ring (bicyclic) bond motifs is 1. The summed E-state index contributed by atoms with van der Waals surface area (Å²) >= 11 is 0. The molecule has 1 saturated heterocycles. The molecule has 0 amide bonds. The van der Waals surface area contributed by atoms with Crippen molar-refractivity contribution in [3.63, 3.8) is 0 Å². The normalized spacial score (nSPS) is 19.6. The predicted molar refractivity (Wildman–Crippen MR) is 69.3 cm³/mol. The smallest absolute Gasteiger partial charge is 0.296 e. The van der Waals surface area contributed by atoms with E-state index in [9.17, 15) is 12.8 Å². The highest BCUT2D eigenvalue weighted by Crippen LogP contribution is 2.23. The van der Waals surface area contributed by atoms with Gasteiger partial charge in [0.05, 0.1) is 11.5 Å². The standard InChI is InChI=1S/C12H13FN2O3S/c13-9-2-1-3-10-11(9)18-12(15-10)14-8-4-6-19(16,17)7-5-8/h1-3,8H,4-7H2,(H,14,15). The first kappa shape index (κ1) is 12.4. The second kappa shape index (κ2) is 4.48. The van der Waals surface area contributed by atoms with Crippen molar-refractivity contribution in [3.8, 4) is 0 Å². The molecule has 1 fully saturated rings. The summed E-state index contributed by atoms with van der Waals surface area (Å²) in [4.78, 5) is 4.14. The average Bonchev–Trinajstić information content (AvgIpc) is 2.76.